The summed E-state index contributed by atoms with van der Waals surface area (Å²) in [6, 6.07) is 2.61. The predicted molar refractivity (Wildman–Crippen MR) is 65.6 cm³/mol. The van der Waals surface area contributed by atoms with Crippen LogP contribution in [-0.2, 0) is 4.79 Å². The largest absolute Gasteiger partial charge is 0.378 e. The Bertz CT molecular complexity index is 565. The van der Waals surface area contributed by atoms with Crippen molar-refractivity contribution >= 4 is 11.8 Å². The van der Waals surface area contributed by atoms with E-state index in [4.69, 9.17) is 5.73 Å². The van der Waals surface area contributed by atoms with Gasteiger partial charge in [-0.3, -0.25) is 9.59 Å². The van der Waals surface area contributed by atoms with Crippen LogP contribution in [0.3, 0.4) is 0 Å². The summed E-state index contributed by atoms with van der Waals surface area (Å²) in [6.45, 7) is -0.0246. The molecule has 2 rings (SSSR count). The van der Waals surface area contributed by atoms with E-state index in [-0.39, 0.29) is 25.1 Å². The molecule has 1 unspecified atom stereocenters. The van der Waals surface area contributed by atoms with Gasteiger partial charge in [-0.15, -0.1) is 0 Å². The minimum Gasteiger partial charge on any atom is -0.378 e. The molecule has 0 bridgehead atoms. The Morgan fingerprint density at radius 3 is 2.65 bits per heavy atom. The number of aliphatic hydroxyl groups is 1. The van der Waals surface area contributed by atoms with Crippen LogP contribution in [0.2, 0.25) is 0 Å². The lowest BCUT2D eigenvalue weighted by Gasteiger charge is -2.37. The molecule has 3 N–H and O–H groups in total. The Hall–Kier alpha value is -2.02. The summed E-state index contributed by atoms with van der Waals surface area (Å²) < 4.78 is 26.4. The maximum absolute atomic E-state index is 13.6. The SMILES string of the molecule is NC(=O)C1(O)CCCN(C(=O)c2ccc(F)cc2F)C1. The number of hydrogen-bond acceptors (Lipinski definition) is 3. The summed E-state index contributed by atoms with van der Waals surface area (Å²) in [4.78, 5) is 24.5. The molecule has 1 aromatic rings. The van der Waals surface area contributed by atoms with Crippen molar-refractivity contribution in [1.29, 1.82) is 0 Å². The number of piperidine rings is 1. The zero-order chi connectivity index (χ0) is 14.9. The number of benzene rings is 1. The molecule has 1 saturated heterocycles. The molecular weight excluding hydrogens is 270 g/mol. The van der Waals surface area contributed by atoms with Gasteiger partial charge in [0.05, 0.1) is 12.1 Å². The minimum absolute atomic E-state index is 0.151. The zero-order valence-electron chi connectivity index (χ0n) is 10.6. The monoisotopic (exact) mass is 284 g/mol. The lowest BCUT2D eigenvalue weighted by Crippen LogP contribution is -2.57. The number of primary amides is 1. The minimum atomic E-state index is -1.80. The van der Waals surface area contributed by atoms with Gasteiger partial charge in [0.25, 0.3) is 11.8 Å². The molecule has 1 atom stereocenters. The van der Waals surface area contributed by atoms with E-state index >= 15 is 0 Å². The molecule has 1 aliphatic rings. The Balaban J connectivity index is 2.23. The summed E-state index contributed by atoms with van der Waals surface area (Å²) in [6.07, 6.45) is 0.520. The van der Waals surface area contributed by atoms with Gasteiger partial charge in [-0.05, 0) is 25.0 Å². The van der Waals surface area contributed by atoms with Crippen molar-refractivity contribution in [2.45, 2.75) is 18.4 Å². The smallest absolute Gasteiger partial charge is 0.256 e. The zero-order valence-corrected chi connectivity index (χ0v) is 10.6. The number of halogens is 2. The van der Waals surface area contributed by atoms with Gasteiger partial charge in [-0.2, -0.15) is 0 Å². The second kappa shape index (κ2) is 5.16. The van der Waals surface area contributed by atoms with Crippen molar-refractivity contribution < 1.29 is 23.5 Å². The molecule has 0 radical (unpaired) electrons. The van der Waals surface area contributed by atoms with Crippen LogP contribution in [0.4, 0.5) is 8.78 Å². The first-order valence-electron chi connectivity index (χ1n) is 6.10. The van der Waals surface area contributed by atoms with Crippen molar-refractivity contribution in [1.82, 2.24) is 4.90 Å². The van der Waals surface area contributed by atoms with Crippen molar-refractivity contribution in [3.8, 4) is 0 Å². The third-order valence-electron chi connectivity index (χ3n) is 3.38. The van der Waals surface area contributed by atoms with Gasteiger partial charge in [0.2, 0.25) is 0 Å². The van der Waals surface area contributed by atoms with Gasteiger partial charge < -0.3 is 15.7 Å². The number of likely N-dealkylation sites (tertiary alicyclic amines) is 1. The van der Waals surface area contributed by atoms with E-state index in [9.17, 15) is 23.5 Å². The number of β-amino-alcohol motifs (C(OH)–C–C–N with tert-alkyl or cyclic N) is 1. The molecule has 2 amide bonds. The van der Waals surface area contributed by atoms with E-state index in [1.54, 1.807) is 0 Å². The van der Waals surface area contributed by atoms with Gasteiger partial charge in [-0.25, -0.2) is 8.78 Å². The van der Waals surface area contributed by atoms with Crippen LogP contribution in [0.15, 0.2) is 18.2 Å². The molecule has 0 aromatic heterocycles. The molecule has 0 saturated carbocycles. The number of carbonyl (C=O) groups is 2. The lowest BCUT2D eigenvalue weighted by atomic mass is 9.92. The maximum Gasteiger partial charge on any atom is 0.256 e. The molecule has 1 aliphatic heterocycles. The Labute approximate surface area is 114 Å². The standard InChI is InChI=1S/C13H14F2N2O3/c14-8-2-3-9(10(15)6-8)11(18)17-5-1-4-13(20,7-17)12(16)19/h2-3,6,20H,1,4-5,7H2,(H2,16,19). The van der Waals surface area contributed by atoms with Gasteiger partial charge in [-0.1, -0.05) is 0 Å². The number of carbonyl (C=O) groups excluding carboxylic acids is 2. The second-order valence-corrected chi connectivity index (χ2v) is 4.85. The Morgan fingerprint density at radius 2 is 2.05 bits per heavy atom. The second-order valence-electron chi connectivity index (χ2n) is 4.85. The average molecular weight is 284 g/mol. The van der Waals surface area contributed by atoms with Crippen LogP contribution in [0.1, 0.15) is 23.2 Å². The lowest BCUT2D eigenvalue weighted by molar-refractivity contribution is -0.140. The quantitative estimate of drug-likeness (QED) is 0.825. The summed E-state index contributed by atoms with van der Waals surface area (Å²) in [5.41, 5.74) is 3.00. The summed E-state index contributed by atoms with van der Waals surface area (Å²) in [5.74, 6) is -3.40. The molecule has 20 heavy (non-hydrogen) atoms. The van der Waals surface area contributed by atoms with Crippen LogP contribution in [-0.4, -0.2) is 40.5 Å². The van der Waals surface area contributed by atoms with E-state index in [0.717, 1.165) is 17.0 Å². The van der Waals surface area contributed by atoms with Crippen LogP contribution >= 0.6 is 0 Å². The molecule has 0 aliphatic carbocycles. The molecule has 5 nitrogen and oxygen atoms in total. The molecule has 108 valence electrons. The van der Waals surface area contributed by atoms with Crippen molar-refractivity contribution in [3.05, 3.63) is 35.4 Å². The number of nitrogens with two attached hydrogens (primary N) is 1. The predicted octanol–water partition coefficient (Wildman–Crippen LogP) is 0.417. The average Bonchev–Trinajstić information content (AvgIpc) is 2.38. The van der Waals surface area contributed by atoms with Crippen LogP contribution in [0, 0.1) is 11.6 Å². The summed E-state index contributed by atoms with van der Waals surface area (Å²) >= 11 is 0. The number of amides is 2. The van der Waals surface area contributed by atoms with Gasteiger partial charge in [0.1, 0.15) is 11.6 Å². The first kappa shape index (κ1) is 14.4. The maximum atomic E-state index is 13.6. The highest BCUT2D eigenvalue weighted by molar-refractivity contribution is 5.95. The van der Waals surface area contributed by atoms with E-state index in [0.29, 0.717) is 12.5 Å². The molecule has 7 heteroatoms. The van der Waals surface area contributed by atoms with Crippen LogP contribution < -0.4 is 5.73 Å². The van der Waals surface area contributed by atoms with Crippen molar-refractivity contribution in [3.63, 3.8) is 0 Å². The fourth-order valence-corrected chi connectivity index (χ4v) is 2.24. The number of rotatable bonds is 2. The first-order valence-corrected chi connectivity index (χ1v) is 6.10. The van der Waals surface area contributed by atoms with Crippen LogP contribution in [0.25, 0.3) is 0 Å². The number of nitrogens with zero attached hydrogens (tertiary/aromatic N) is 1. The Kier molecular flexibility index (Phi) is 3.71. The van der Waals surface area contributed by atoms with Gasteiger partial charge in [0, 0.05) is 12.6 Å². The highest BCUT2D eigenvalue weighted by Crippen LogP contribution is 2.23. The van der Waals surface area contributed by atoms with E-state index in [2.05, 4.69) is 0 Å². The molecular formula is C13H14F2N2O3. The normalized spacial score (nSPS) is 22.6. The fraction of sp³-hybridized carbons (Fsp3) is 0.385. The van der Waals surface area contributed by atoms with E-state index < -0.39 is 29.0 Å². The van der Waals surface area contributed by atoms with Gasteiger partial charge >= 0.3 is 0 Å². The van der Waals surface area contributed by atoms with Crippen LogP contribution in [0.5, 0.6) is 0 Å². The molecule has 1 aromatic carbocycles. The Morgan fingerprint density at radius 1 is 1.35 bits per heavy atom. The highest BCUT2D eigenvalue weighted by atomic mass is 19.1. The third kappa shape index (κ3) is 2.62. The van der Waals surface area contributed by atoms with E-state index in [1.165, 1.54) is 0 Å². The fourth-order valence-electron chi connectivity index (χ4n) is 2.24. The van der Waals surface area contributed by atoms with Gasteiger partial charge in [0.15, 0.2) is 5.60 Å². The topological polar surface area (TPSA) is 83.6 Å². The van der Waals surface area contributed by atoms with Crippen molar-refractivity contribution in [2.75, 3.05) is 13.1 Å². The molecule has 1 fully saturated rings. The molecule has 0 spiro atoms. The van der Waals surface area contributed by atoms with E-state index in [1.807, 2.05) is 0 Å². The summed E-state index contributed by atoms with van der Waals surface area (Å²) in [7, 11) is 0. The number of hydrogen-bond donors (Lipinski definition) is 2. The first-order chi connectivity index (χ1) is 9.33. The highest BCUT2D eigenvalue weighted by Gasteiger charge is 2.40. The van der Waals surface area contributed by atoms with Crippen molar-refractivity contribution in [2.24, 2.45) is 5.73 Å². The summed E-state index contributed by atoms with van der Waals surface area (Å²) in [5, 5.41) is 10.0. The third-order valence-corrected chi connectivity index (χ3v) is 3.38. The molecule has 1 heterocycles.